The average Bonchev–Trinajstić information content (AvgIpc) is 3.19. The molecule has 2 heterocycles. The first-order chi connectivity index (χ1) is 11.6. The van der Waals surface area contributed by atoms with Gasteiger partial charge in [0.1, 0.15) is 11.2 Å². The molecule has 2 amide bonds. The van der Waals surface area contributed by atoms with Crippen LogP contribution in [0.3, 0.4) is 0 Å². The number of halogens is 1. The molecule has 1 N–H and O–H groups in total. The number of likely N-dealkylation sites (N-methyl/N-ethyl adjacent to an activating group) is 1. The lowest BCUT2D eigenvalue weighted by molar-refractivity contribution is 0.172. The second-order valence-electron chi connectivity index (χ2n) is 6.64. The van der Waals surface area contributed by atoms with E-state index >= 15 is 0 Å². The van der Waals surface area contributed by atoms with Gasteiger partial charge in [-0.25, -0.2) is 14.2 Å². The zero-order valence-corrected chi connectivity index (χ0v) is 14.8. The first kappa shape index (κ1) is 17.4. The number of rotatable bonds is 5. The number of alkyl halides is 1. The van der Waals surface area contributed by atoms with Crippen LogP contribution in [0.1, 0.15) is 30.7 Å². The lowest BCUT2D eigenvalue weighted by atomic mass is 10.0. The van der Waals surface area contributed by atoms with Crippen LogP contribution < -0.4 is 5.32 Å². The molecule has 1 saturated heterocycles. The number of carbonyl (C=O) groups is 1. The molecule has 1 fully saturated rings. The van der Waals surface area contributed by atoms with E-state index in [-0.39, 0.29) is 18.1 Å². The third-order valence-corrected chi connectivity index (χ3v) is 5.46. The van der Waals surface area contributed by atoms with Gasteiger partial charge in [0.2, 0.25) is 0 Å². The molecule has 1 aliphatic carbocycles. The summed E-state index contributed by atoms with van der Waals surface area (Å²) in [6, 6.07) is 0.0854. The third-order valence-electron chi connectivity index (χ3n) is 4.69. The first-order valence-electron chi connectivity index (χ1n) is 8.56. The molecule has 0 radical (unpaired) electrons. The lowest BCUT2D eigenvalue weighted by Crippen LogP contribution is -2.47. The van der Waals surface area contributed by atoms with Gasteiger partial charge in [-0.2, -0.15) is 0 Å². The quantitative estimate of drug-likeness (QED) is 0.829. The Morgan fingerprint density at radius 1 is 1.58 bits per heavy atom. The Morgan fingerprint density at radius 2 is 2.46 bits per heavy atom. The number of nitrogens with zero attached hydrogens (tertiary/aromatic N) is 3. The Bertz CT molecular complexity index is 565. The standard InChI is InChI=1S/C17H25FN4OS/c1-21(17(23)20-14-5-3-2-4-6-14)11-15-9-13(18)10-22(15)12-16-19-7-8-24-16/h3,5,7-8,13-15H,2,4,6,9-12H2,1H3,(H,20,23)/t13-,14?,15-/m0/s1. The van der Waals surface area contributed by atoms with E-state index in [2.05, 4.69) is 27.4 Å². The summed E-state index contributed by atoms with van der Waals surface area (Å²) in [7, 11) is 1.79. The fourth-order valence-corrected chi connectivity index (χ4v) is 4.05. The summed E-state index contributed by atoms with van der Waals surface area (Å²) in [5.74, 6) is 0. The molecule has 3 atom stereocenters. The van der Waals surface area contributed by atoms with Crippen LogP contribution in [0.25, 0.3) is 0 Å². The normalized spacial score (nSPS) is 27.3. The van der Waals surface area contributed by atoms with Crippen molar-refractivity contribution < 1.29 is 9.18 Å². The molecule has 1 aromatic rings. The summed E-state index contributed by atoms with van der Waals surface area (Å²) in [4.78, 5) is 20.4. The maximum Gasteiger partial charge on any atom is 0.317 e. The molecule has 0 aromatic carbocycles. The lowest BCUT2D eigenvalue weighted by Gasteiger charge is -2.29. The molecule has 0 saturated carbocycles. The Morgan fingerprint density at radius 3 is 3.17 bits per heavy atom. The van der Waals surface area contributed by atoms with Crippen molar-refractivity contribution in [2.24, 2.45) is 0 Å². The smallest absolute Gasteiger partial charge is 0.317 e. The van der Waals surface area contributed by atoms with E-state index in [1.807, 2.05) is 5.38 Å². The summed E-state index contributed by atoms with van der Waals surface area (Å²) in [6.07, 6.45) is 8.80. The Kier molecular flexibility index (Phi) is 5.84. The maximum atomic E-state index is 13.9. The number of hydrogen-bond acceptors (Lipinski definition) is 4. The van der Waals surface area contributed by atoms with Gasteiger partial charge in [-0.1, -0.05) is 12.2 Å². The van der Waals surface area contributed by atoms with E-state index in [1.165, 1.54) is 0 Å². The zero-order valence-electron chi connectivity index (χ0n) is 14.0. The minimum Gasteiger partial charge on any atom is -0.332 e. The predicted octanol–water partition coefficient (Wildman–Crippen LogP) is 2.81. The molecule has 7 heteroatoms. The van der Waals surface area contributed by atoms with Crippen LogP contribution in [-0.2, 0) is 6.54 Å². The topological polar surface area (TPSA) is 48.5 Å². The van der Waals surface area contributed by atoms with Gasteiger partial charge in [0, 0.05) is 43.8 Å². The van der Waals surface area contributed by atoms with Crippen LogP contribution in [0.15, 0.2) is 23.7 Å². The number of urea groups is 1. The van der Waals surface area contributed by atoms with Crippen molar-refractivity contribution in [3.63, 3.8) is 0 Å². The second-order valence-corrected chi connectivity index (χ2v) is 7.62. The average molecular weight is 352 g/mol. The number of thiazole rings is 1. The first-order valence-corrected chi connectivity index (χ1v) is 9.44. The maximum absolute atomic E-state index is 13.9. The van der Waals surface area contributed by atoms with Crippen molar-refractivity contribution >= 4 is 17.4 Å². The summed E-state index contributed by atoms with van der Waals surface area (Å²) in [5, 5.41) is 5.97. The van der Waals surface area contributed by atoms with Gasteiger partial charge in [-0.3, -0.25) is 4.90 Å². The zero-order chi connectivity index (χ0) is 16.9. The van der Waals surface area contributed by atoms with E-state index in [0.717, 1.165) is 24.3 Å². The van der Waals surface area contributed by atoms with Crippen molar-refractivity contribution in [3.05, 3.63) is 28.7 Å². The van der Waals surface area contributed by atoms with E-state index < -0.39 is 6.17 Å². The van der Waals surface area contributed by atoms with Crippen LogP contribution >= 0.6 is 11.3 Å². The summed E-state index contributed by atoms with van der Waals surface area (Å²) in [5.41, 5.74) is 0. The molecule has 3 rings (SSSR count). The second kappa shape index (κ2) is 8.07. The van der Waals surface area contributed by atoms with E-state index in [1.54, 1.807) is 29.5 Å². The van der Waals surface area contributed by atoms with E-state index in [9.17, 15) is 9.18 Å². The number of allylic oxidation sites excluding steroid dienone is 1. The number of nitrogens with one attached hydrogen (secondary N) is 1. The number of amides is 2. The van der Waals surface area contributed by atoms with E-state index in [4.69, 9.17) is 0 Å². The molecule has 1 unspecified atom stereocenters. The minimum absolute atomic E-state index is 0.0431. The third kappa shape index (κ3) is 4.54. The molecular weight excluding hydrogens is 327 g/mol. The molecule has 0 bridgehead atoms. The molecule has 132 valence electrons. The van der Waals surface area contributed by atoms with Crippen molar-refractivity contribution in [2.75, 3.05) is 20.1 Å². The molecule has 1 aliphatic heterocycles. The van der Waals surface area contributed by atoms with Crippen molar-refractivity contribution in [2.45, 2.75) is 50.5 Å². The van der Waals surface area contributed by atoms with Gasteiger partial charge >= 0.3 is 6.03 Å². The van der Waals surface area contributed by atoms with Crippen LogP contribution in [0.4, 0.5) is 9.18 Å². The van der Waals surface area contributed by atoms with Crippen molar-refractivity contribution in [1.82, 2.24) is 20.1 Å². The van der Waals surface area contributed by atoms with Crippen molar-refractivity contribution in [1.29, 1.82) is 0 Å². The number of aromatic nitrogens is 1. The molecule has 5 nitrogen and oxygen atoms in total. The largest absolute Gasteiger partial charge is 0.332 e. The van der Waals surface area contributed by atoms with Gasteiger partial charge < -0.3 is 10.2 Å². The monoisotopic (exact) mass is 352 g/mol. The molecule has 1 aromatic heterocycles. The molecular formula is C17H25FN4OS. The van der Waals surface area contributed by atoms with Crippen LogP contribution in [0.2, 0.25) is 0 Å². The molecule has 2 aliphatic rings. The number of hydrogen-bond donors (Lipinski definition) is 1. The number of likely N-dealkylation sites (tertiary alicyclic amines) is 1. The Hall–Kier alpha value is -1.47. The fraction of sp³-hybridized carbons (Fsp3) is 0.647. The van der Waals surface area contributed by atoms with Crippen molar-refractivity contribution in [3.8, 4) is 0 Å². The fourth-order valence-electron chi connectivity index (χ4n) is 3.41. The highest BCUT2D eigenvalue weighted by Gasteiger charge is 2.34. The highest BCUT2D eigenvalue weighted by atomic mass is 32.1. The minimum atomic E-state index is -0.826. The Labute approximate surface area is 146 Å². The van der Waals surface area contributed by atoms with E-state index in [0.29, 0.717) is 26.1 Å². The summed E-state index contributed by atoms with van der Waals surface area (Å²) >= 11 is 1.59. The highest BCUT2D eigenvalue weighted by Crippen LogP contribution is 2.24. The highest BCUT2D eigenvalue weighted by molar-refractivity contribution is 7.09. The van der Waals surface area contributed by atoms with Gasteiger partial charge in [0.05, 0.1) is 6.54 Å². The molecule has 24 heavy (non-hydrogen) atoms. The Balaban J connectivity index is 1.53. The van der Waals surface area contributed by atoms with Gasteiger partial charge in [0.15, 0.2) is 0 Å². The summed E-state index contributed by atoms with van der Waals surface area (Å²) in [6.45, 7) is 1.61. The van der Waals surface area contributed by atoms with Gasteiger partial charge in [0.25, 0.3) is 0 Å². The SMILES string of the molecule is CN(C[C@@H]1C[C@H](F)CN1Cc1nccs1)C(=O)NC1C=CCCC1. The molecule has 0 spiro atoms. The summed E-state index contributed by atoms with van der Waals surface area (Å²) < 4.78 is 13.9. The van der Waals surface area contributed by atoms with Crippen LogP contribution in [-0.4, -0.2) is 59.2 Å². The van der Waals surface area contributed by atoms with Crippen LogP contribution in [0.5, 0.6) is 0 Å². The predicted molar refractivity (Wildman–Crippen MR) is 93.8 cm³/mol. The van der Waals surface area contributed by atoms with Gasteiger partial charge in [-0.15, -0.1) is 11.3 Å². The number of carbonyl (C=O) groups excluding carboxylic acids is 1. The van der Waals surface area contributed by atoms with Crippen LogP contribution in [0, 0.1) is 0 Å². The van der Waals surface area contributed by atoms with Gasteiger partial charge in [-0.05, 0) is 25.7 Å².